The van der Waals surface area contributed by atoms with Crippen LogP contribution >= 0.6 is 0 Å². The number of aryl methyl sites for hydroxylation is 2. The van der Waals surface area contributed by atoms with Crippen molar-refractivity contribution in [1.29, 1.82) is 0 Å². The SMILES string of the molecule is Cc1ccc(S(=O)(=O)Nc2cccc3c2OC(C(=O)O)CC3)cc1. The Labute approximate surface area is 140 Å². The smallest absolute Gasteiger partial charge is 0.344 e. The van der Waals surface area contributed by atoms with Crippen molar-refractivity contribution in [2.75, 3.05) is 4.72 Å². The van der Waals surface area contributed by atoms with Crippen LogP contribution in [0.2, 0.25) is 0 Å². The van der Waals surface area contributed by atoms with Gasteiger partial charge in [0.05, 0.1) is 10.6 Å². The van der Waals surface area contributed by atoms with Gasteiger partial charge in [0, 0.05) is 0 Å². The van der Waals surface area contributed by atoms with Crippen molar-refractivity contribution >= 4 is 21.7 Å². The number of ether oxygens (including phenoxy) is 1. The standard InChI is InChI=1S/C17H17NO5S/c1-11-5-8-13(9-6-11)24(21,22)18-14-4-2-3-12-7-10-15(17(19)20)23-16(12)14/h2-6,8-9,15,18H,7,10H2,1H3,(H,19,20). The molecule has 1 heterocycles. The lowest BCUT2D eigenvalue weighted by molar-refractivity contribution is -0.145. The van der Waals surface area contributed by atoms with Crippen molar-refractivity contribution in [1.82, 2.24) is 0 Å². The van der Waals surface area contributed by atoms with E-state index in [2.05, 4.69) is 4.72 Å². The minimum atomic E-state index is -3.78. The maximum atomic E-state index is 12.5. The Hall–Kier alpha value is -2.54. The third-order valence-corrected chi connectivity index (χ3v) is 5.27. The summed E-state index contributed by atoms with van der Waals surface area (Å²) in [7, 11) is -3.78. The molecule has 1 aliphatic heterocycles. The van der Waals surface area contributed by atoms with Crippen molar-refractivity contribution in [2.24, 2.45) is 0 Å². The van der Waals surface area contributed by atoms with Gasteiger partial charge in [0.25, 0.3) is 10.0 Å². The maximum absolute atomic E-state index is 12.5. The number of rotatable bonds is 4. The molecule has 0 spiro atoms. The number of nitrogens with one attached hydrogen (secondary N) is 1. The molecule has 1 unspecified atom stereocenters. The molecule has 7 heteroatoms. The number of anilines is 1. The molecule has 1 atom stereocenters. The van der Waals surface area contributed by atoms with Gasteiger partial charge in [-0.05, 0) is 43.5 Å². The topological polar surface area (TPSA) is 92.7 Å². The van der Waals surface area contributed by atoms with Crippen LogP contribution < -0.4 is 9.46 Å². The lowest BCUT2D eigenvalue weighted by Gasteiger charge is -2.25. The highest BCUT2D eigenvalue weighted by Crippen LogP contribution is 2.36. The summed E-state index contributed by atoms with van der Waals surface area (Å²) in [6, 6.07) is 11.6. The van der Waals surface area contributed by atoms with Crippen LogP contribution in [0.4, 0.5) is 5.69 Å². The van der Waals surface area contributed by atoms with Crippen LogP contribution in [0.1, 0.15) is 17.5 Å². The summed E-state index contributed by atoms with van der Waals surface area (Å²) in [5.41, 5.74) is 1.99. The Kier molecular flexibility index (Phi) is 4.19. The Morgan fingerprint density at radius 1 is 1.21 bits per heavy atom. The predicted molar refractivity (Wildman–Crippen MR) is 88.8 cm³/mol. The van der Waals surface area contributed by atoms with E-state index in [1.165, 1.54) is 12.1 Å². The highest BCUT2D eigenvalue weighted by Gasteiger charge is 2.28. The Morgan fingerprint density at radius 2 is 1.92 bits per heavy atom. The van der Waals surface area contributed by atoms with E-state index < -0.39 is 22.1 Å². The second-order valence-corrected chi connectivity index (χ2v) is 7.38. The summed E-state index contributed by atoms with van der Waals surface area (Å²) in [6.07, 6.45) is -0.0920. The first-order valence-corrected chi connectivity index (χ1v) is 8.96. The monoisotopic (exact) mass is 347 g/mol. The number of hydrogen-bond acceptors (Lipinski definition) is 4. The summed E-state index contributed by atoms with van der Waals surface area (Å²) in [6.45, 7) is 1.87. The first-order chi connectivity index (χ1) is 11.4. The first-order valence-electron chi connectivity index (χ1n) is 7.47. The quantitative estimate of drug-likeness (QED) is 0.887. The van der Waals surface area contributed by atoms with Crippen LogP contribution in [-0.2, 0) is 21.2 Å². The van der Waals surface area contributed by atoms with E-state index in [1.54, 1.807) is 30.3 Å². The van der Waals surface area contributed by atoms with Crippen LogP contribution in [0.25, 0.3) is 0 Å². The molecule has 0 saturated heterocycles. The third-order valence-electron chi connectivity index (χ3n) is 3.88. The lowest BCUT2D eigenvalue weighted by Crippen LogP contribution is -2.31. The average Bonchev–Trinajstić information content (AvgIpc) is 2.55. The number of hydrogen-bond donors (Lipinski definition) is 2. The fourth-order valence-electron chi connectivity index (χ4n) is 2.58. The molecule has 126 valence electrons. The number of benzene rings is 2. The fourth-order valence-corrected chi connectivity index (χ4v) is 3.65. The highest BCUT2D eigenvalue weighted by atomic mass is 32.2. The summed E-state index contributed by atoms with van der Waals surface area (Å²) < 4.78 is 33.1. The summed E-state index contributed by atoms with van der Waals surface area (Å²) in [4.78, 5) is 11.3. The molecular weight excluding hydrogens is 330 g/mol. The van der Waals surface area contributed by atoms with E-state index in [0.717, 1.165) is 11.1 Å². The molecule has 0 bridgehead atoms. The third kappa shape index (κ3) is 3.21. The van der Waals surface area contributed by atoms with Gasteiger partial charge in [-0.2, -0.15) is 0 Å². The second kappa shape index (κ2) is 6.16. The van der Waals surface area contributed by atoms with E-state index in [1.807, 2.05) is 6.92 Å². The van der Waals surface area contributed by atoms with Crippen LogP contribution in [0, 0.1) is 6.92 Å². The summed E-state index contributed by atoms with van der Waals surface area (Å²) >= 11 is 0. The summed E-state index contributed by atoms with van der Waals surface area (Å²) in [5, 5.41) is 9.13. The van der Waals surface area contributed by atoms with Crippen molar-refractivity contribution in [2.45, 2.75) is 30.8 Å². The van der Waals surface area contributed by atoms with Gasteiger partial charge in [-0.25, -0.2) is 13.2 Å². The highest BCUT2D eigenvalue weighted by molar-refractivity contribution is 7.92. The molecule has 3 rings (SSSR count). The summed E-state index contributed by atoms with van der Waals surface area (Å²) in [5.74, 6) is -0.774. The van der Waals surface area contributed by atoms with Gasteiger partial charge in [-0.3, -0.25) is 4.72 Å². The molecule has 0 aromatic heterocycles. The zero-order chi connectivity index (χ0) is 17.3. The number of para-hydroxylation sites is 1. The number of carboxylic acids is 1. The van der Waals surface area contributed by atoms with Gasteiger partial charge in [-0.1, -0.05) is 29.8 Å². The van der Waals surface area contributed by atoms with E-state index in [-0.39, 0.29) is 16.3 Å². The molecule has 1 aliphatic rings. The minimum Gasteiger partial charge on any atom is -0.479 e. The molecule has 0 fully saturated rings. The number of carbonyl (C=O) groups is 1. The number of sulfonamides is 1. The van der Waals surface area contributed by atoms with E-state index in [4.69, 9.17) is 9.84 Å². The van der Waals surface area contributed by atoms with E-state index in [9.17, 15) is 13.2 Å². The van der Waals surface area contributed by atoms with Crippen LogP contribution in [0.3, 0.4) is 0 Å². The minimum absolute atomic E-state index is 0.135. The largest absolute Gasteiger partial charge is 0.479 e. The van der Waals surface area contributed by atoms with Gasteiger partial charge >= 0.3 is 5.97 Å². The number of aliphatic carboxylic acids is 1. The Morgan fingerprint density at radius 3 is 2.58 bits per heavy atom. The van der Waals surface area contributed by atoms with Crippen molar-refractivity contribution in [3.8, 4) is 5.75 Å². The molecule has 2 aromatic rings. The molecule has 2 aromatic carbocycles. The zero-order valence-corrected chi connectivity index (χ0v) is 13.8. The lowest BCUT2D eigenvalue weighted by atomic mass is 10.0. The predicted octanol–water partition coefficient (Wildman–Crippen LogP) is 2.57. The van der Waals surface area contributed by atoms with Crippen LogP contribution in [0.15, 0.2) is 47.4 Å². The van der Waals surface area contributed by atoms with Gasteiger partial charge < -0.3 is 9.84 Å². The fraction of sp³-hybridized carbons (Fsp3) is 0.235. The van der Waals surface area contributed by atoms with Gasteiger partial charge in [0.15, 0.2) is 6.10 Å². The zero-order valence-electron chi connectivity index (χ0n) is 13.0. The van der Waals surface area contributed by atoms with Crippen LogP contribution in [0.5, 0.6) is 5.75 Å². The van der Waals surface area contributed by atoms with Crippen LogP contribution in [-0.4, -0.2) is 25.6 Å². The Bertz CT molecular complexity index is 874. The Balaban J connectivity index is 1.94. The van der Waals surface area contributed by atoms with Gasteiger partial charge in [-0.15, -0.1) is 0 Å². The van der Waals surface area contributed by atoms with Gasteiger partial charge in [0.1, 0.15) is 5.75 Å². The molecule has 0 radical (unpaired) electrons. The van der Waals surface area contributed by atoms with Crippen molar-refractivity contribution in [3.63, 3.8) is 0 Å². The molecule has 24 heavy (non-hydrogen) atoms. The van der Waals surface area contributed by atoms with E-state index in [0.29, 0.717) is 12.8 Å². The normalized spacial score (nSPS) is 16.8. The molecule has 0 amide bonds. The second-order valence-electron chi connectivity index (χ2n) is 5.70. The molecule has 0 saturated carbocycles. The average molecular weight is 347 g/mol. The maximum Gasteiger partial charge on any atom is 0.344 e. The molecular formula is C17H17NO5S. The van der Waals surface area contributed by atoms with Gasteiger partial charge in [0.2, 0.25) is 0 Å². The molecule has 2 N–H and O–H groups in total. The van der Waals surface area contributed by atoms with Crippen molar-refractivity contribution < 1.29 is 23.1 Å². The first kappa shape index (κ1) is 16.3. The molecule has 6 nitrogen and oxygen atoms in total. The number of carboxylic acid groups (broad SMARTS) is 1. The number of fused-ring (bicyclic) bond motifs is 1. The van der Waals surface area contributed by atoms with E-state index >= 15 is 0 Å². The van der Waals surface area contributed by atoms with Crippen molar-refractivity contribution in [3.05, 3.63) is 53.6 Å². The molecule has 0 aliphatic carbocycles.